The SMILES string of the molecule is CC(O)C1N=C(C2CN(C(=O)OC(C)(C)C)C3(CNC3=O)C2)NC1=O. The number of carbonyl (C=O) groups excluding carboxylic acids is 3. The Morgan fingerprint density at radius 2 is 2.12 bits per heavy atom. The van der Waals surface area contributed by atoms with Gasteiger partial charge in [-0.3, -0.25) is 19.5 Å². The van der Waals surface area contributed by atoms with E-state index in [1.165, 1.54) is 11.8 Å². The molecule has 4 atom stereocenters. The maximum Gasteiger partial charge on any atom is 0.411 e. The number of nitrogens with zero attached hydrogens (tertiary/aromatic N) is 2. The molecule has 0 aromatic heterocycles. The highest BCUT2D eigenvalue weighted by atomic mass is 16.6. The molecule has 25 heavy (non-hydrogen) atoms. The molecule has 0 aliphatic carbocycles. The summed E-state index contributed by atoms with van der Waals surface area (Å²) < 4.78 is 5.43. The molecule has 0 saturated carbocycles. The summed E-state index contributed by atoms with van der Waals surface area (Å²) in [5, 5.41) is 15.0. The quantitative estimate of drug-likeness (QED) is 0.573. The Morgan fingerprint density at radius 3 is 2.56 bits per heavy atom. The molecule has 9 heteroatoms. The van der Waals surface area contributed by atoms with Gasteiger partial charge in [0.1, 0.15) is 17.0 Å². The van der Waals surface area contributed by atoms with Gasteiger partial charge in [-0.2, -0.15) is 0 Å². The molecule has 0 bridgehead atoms. The summed E-state index contributed by atoms with van der Waals surface area (Å²) in [5.74, 6) is -0.460. The summed E-state index contributed by atoms with van der Waals surface area (Å²) in [6.45, 7) is 7.37. The van der Waals surface area contributed by atoms with Gasteiger partial charge in [0.25, 0.3) is 5.91 Å². The Hall–Kier alpha value is -2.16. The predicted octanol–water partition coefficient (Wildman–Crippen LogP) is -0.610. The van der Waals surface area contributed by atoms with Gasteiger partial charge in [0.05, 0.1) is 12.6 Å². The molecule has 3 amide bonds. The second-order valence-corrected chi connectivity index (χ2v) is 7.90. The number of likely N-dealkylation sites (tertiary alicyclic amines) is 1. The highest BCUT2D eigenvalue weighted by Crippen LogP contribution is 2.39. The number of amides is 3. The lowest BCUT2D eigenvalue weighted by molar-refractivity contribution is -0.140. The van der Waals surface area contributed by atoms with Crippen LogP contribution in [0.4, 0.5) is 4.79 Å². The number of aliphatic hydroxyl groups is 1. The van der Waals surface area contributed by atoms with Crippen molar-refractivity contribution in [2.75, 3.05) is 13.1 Å². The third-order valence-electron chi connectivity index (χ3n) is 4.72. The summed E-state index contributed by atoms with van der Waals surface area (Å²) >= 11 is 0. The van der Waals surface area contributed by atoms with E-state index in [4.69, 9.17) is 4.74 Å². The average Bonchev–Trinajstić information content (AvgIpc) is 3.06. The number of hydrogen-bond donors (Lipinski definition) is 3. The standard InChI is InChI=1S/C16H24N4O5/c1-8(21)10-12(22)19-11(18-10)9-5-16(7-17-13(16)23)20(6-9)14(24)25-15(2,3)4/h8-10,21H,5-7H2,1-4H3,(H,17,23)(H,18,19,22). The largest absolute Gasteiger partial charge is 0.444 e. The van der Waals surface area contributed by atoms with Gasteiger partial charge >= 0.3 is 6.09 Å². The van der Waals surface area contributed by atoms with Crippen molar-refractivity contribution in [1.29, 1.82) is 0 Å². The monoisotopic (exact) mass is 352 g/mol. The van der Waals surface area contributed by atoms with E-state index in [9.17, 15) is 19.5 Å². The van der Waals surface area contributed by atoms with Crippen LogP contribution >= 0.6 is 0 Å². The zero-order valence-corrected chi connectivity index (χ0v) is 14.8. The first kappa shape index (κ1) is 17.7. The summed E-state index contributed by atoms with van der Waals surface area (Å²) in [5.41, 5.74) is -1.63. The lowest BCUT2D eigenvalue weighted by Gasteiger charge is -2.44. The normalized spacial score (nSPS) is 32.8. The zero-order chi connectivity index (χ0) is 18.6. The van der Waals surface area contributed by atoms with Crippen molar-refractivity contribution in [2.45, 2.75) is 57.4 Å². The van der Waals surface area contributed by atoms with Gasteiger partial charge in [-0.25, -0.2) is 4.79 Å². The van der Waals surface area contributed by atoms with Gasteiger partial charge in [-0.05, 0) is 34.1 Å². The number of hydrogen-bond acceptors (Lipinski definition) is 6. The molecule has 2 saturated heterocycles. The second kappa shape index (κ2) is 5.69. The van der Waals surface area contributed by atoms with Crippen LogP contribution < -0.4 is 10.6 Å². The van der Waals surface area contributed by atoms with Crippen molar-refractivity contribution in [1.82, 2.24) is 15.5 Å². The molecule has 0 radical (unpaired) electrons. The number of nitrogens with one attached hydrogen (secondary N) is 2. The fourth-order valence-electron chi connectivity index (χ4n) is 3.45. The summed E-state index contributed by atoms with van der Waals surface area (Å²) in [6.07, 6.45) is -1.09. The first-order valence-corrected chi connectivity index (χ1v) is 8.39. The van der Waals surface area contributed by atoms with E-state index in [0.29, 0.717) is 18.8 Å². The Bertz CT molecular complexity index is 653. The molecule has 3 aliphatic heterocycles. The molecular formula is C16H24N4O5. The smallest absolute Gasteiger partial charge is 0.411 e. The maximum atomic E-state index is 12.6. The van der Waals surface area contributed by atoms with E-state index < -0.39 is 29.4 Å². The van der Waals surface area contributed by atoms with Crippen LogP contribution in [-0.4, -0.2) is 70.1 Å². The van der Waals surface area contributed by atoms with Gasteiger partial charge in [0.2, 0.25) is 5.91 Å². The molecule has 0 aromatic carbocycles. The summed E-state index contributed by atoms with van der Waals surface area (Å²) in [4.78, 5) is 42.4. The fraction of sp³-hybridized carbons (Fsp3) is 0.750. The molecule has 138 valence electrons. The second-order valence-electron chi connectivity index (χ2n) is 7.90. The molecule has 9 nitrogen and oxygen atoms in total. The van der Waals surface area contributed by atoms with Crippen molar-refractivity contribution in [3.8, 4) is 0 Å². The van der Waals surface area contributed by atoms with Crippen LogP contribution in [0.5, 0.6) is 0 Å². The highest BCUT2D eigenvalue weighted by molar-refractivity contribution is 6.08. The van der Waals surface area contributed by atoms with Gasteiger partial charge in [0.15, 0.2) is 6.04 Å². The lowest BCUT2D eigenvalue weighted by atomic mass is 9.85. The molecule has 3 rings (SSSR count). The van der Waals surface area contributed by atoms with Crippen molar-refractivity contribution in [3.63, 3.8) is 0 Å². The van der Waals surface area contributed by atoms with E-state index in [-0.39, 0.29) is 24.3 Å². The summed E-state index contributed by atoms with van der Waals surface area (Å²) in [7, 11) is 0. The van der Waals surface area contributed by atoms with E-state index in [1.807, 2.05) is 0 Å². The summed E-state index contributed by atoms with van der Waals surface area (Å²) in [6, 6.07) is -0.850. The third-order valence-corrected chi connectivity index (χ3v) is 4.72. The Balaban J connectivity index is 1.82. The first-order valence-electron chi connectivity index (χ1n) is 8.39. The minimum Gasteiger partial charge on any atom is -0.444 e. The van der Waals surface area contributed by atoms with Crippen LogP contribution in [0.2, 0.25) is 0 Å². The minimum absolute atomic E-state index is 0.224. The van der Waals surface area contributed by atoms with E-state index >= 15 is 0 Å². The number of β-lactam (4-membered cyclic amide) rings is 1. The Morgan fingerprint density at radius 1 is 1.44 bits per heavy atom. The van der Waals surface area contributed by atoms with Crippen LogP contribution in [0, 0.1) is 5.92 Å². The van der Waals surface area contributed by atoms with Crippen LogP contribution in [0.3, 0.4) is 0 Å². The van der Waals surface area contributed by atoms with Gasteiger partial charge in [-0.1, -0.05) is 0 Å². The topological polar surface area (TPSA) is 120 Å². The van der Waals surface area contributed by atoms with Crippen molar-refractivity contribution in [2.24, 2.45) is 10.9 Å². The van der Waals surface area contributed by atoms with E-state index in [0.717, 1.165) is 0 Å². The maximum absolute atomic E-state index is 12.6. The van der Waals surface area contributed by atoms with Crippen molar-refractivity contribution < 1.29 is 24.2 Å². The van der Waals surface area contributed by atoms with Crippen molar-refractivity contribution >= 4 is 23.7 Å². The molecule has 1 spiro atoms. The number of ether oxygens (including phenoxy) is 1. The molecular weight excluding hydrogens is 328 g/mol. The van der Waals surface area contributed by atoms with E-state index in [2.05, 4.69) is 15.6 Å². The van der Waals surface area contributed by atoms with E-state index in [1.54, 1.807) is 20.8 Å². The lowest BCUT2D eigenvalue weighted by Crippen LogP contribution is -2.71. The van der Waals surface area contributed by atoms with Crippen molar-refractivity contribution in [3.05, 3.63) is 0 Å². The minimum atomic E-state index is -0.955. The van der Waals surface area contributed by atoms with Crippen LogP contribution in [0.15, 0.2) is 4.99 Å². The zero-order valence-electron chi connectivity index (χ0n) is 14.8. The number of aliphatic hydroxyl groups excluding tert-OH is 1. The Kier molecular flexibility index (Phi) is 4.02. The average molecular weight is 352 g/mol. The number of amidine groups is 1. The Labute approximate surface area is 145 Å². The predicted molar refractivity (Wildman–Crippen MR) is 87.8 cm³/mol. The van der Waals surface area contributed by atoms with Gasteiger partial charge in [0, 0.05) is 12.5 Å². The van der Waals surface area contributed by atoms with Gasteiger partial charge < -0.3 is 20.5 Å². The first-order chi connectivity index (χ1) is 11.5. The van der Waals surface area contributed by atoms with Gasteiger partial charge in [-0.15, -0.1) is 0 Å². The molecule has 3 N–H and O–H groups in total. The molecule has 3 aliphatic rings. The third kappa shape index (κ3) is 2.97. The number of carbonyl (C=O) groups is 3. The number of aliphatic imine (C=N–C) groups is 1. The molecule has 0 aromatic rings. The van der Waals surface area contributed by atoms with Crippen LogP contribution in [-0.2, 0) is 14.3 Å². The highest BCUT2D eigenvalue weighted by Gasteiger charge is 2.60. The van der Waals surface area contributed by atoms with Crippen LogP contribution in [0.1, 0.15) is 34.1 Å². The number of rotatable bonds is 2. The molecule has 4 unspecified atom stereocenters. The molecule has 2 fully saturated rings. The van der Waals surface area contributed by atoms with Crippen LogP contribution in [0.25, 0.3) is 0 Å². The fourth-order valence-corrected chi connectivity index (χ4v) is 3.45. The molecule has 3 heterocycles.